The average Bonchev–Trinajstić information content (AvgIpc) is 3.24. The first kappa shape index (κ1) is 44.2. The van der Waals surface area contributed by atoms with E-state index in [1.54, 1.807) is 0 Å². The molecule has 1 N–H and O–H groups in total. The predicted molar refractivity (Wildman–Crippen MR) is 224 cm³/mol. The molecule has 0 aromatic carbocycles. The Kier molecular flexibility index (Phi) is 15.4. The molecule has 3 unspecified atom stereocenters. The number of ether oxygens (including phenoxy) is 3. The molecule has 0 amide bonds. The average molecular weight is 817 g/mol. The fourth-order valence-corrected chi connectivity index (χ4v) is 14.9. The summed E-state index contributed by atoms with van der Waals surface area (Å²) in [6, 6.07) is 0. The molecule has 0 saturated heterocycles. The molecule has 8 nitrogen and oxygen atoms in total. The van der Waals surface area contributed by atoms with Crippen LogP contribution in [0.25, 0.3) is 0 Å². The molecular weight excluding hydrogens is 737 g/mol. The van der Waals surface area contributed by atoms with Gasteiger partial charge in [-0.2, -0.15) is 8.42 Å². The van der Waals surface area contributed by atoms with E-state index < -0.39 is 15.4 Å². The molecule has 0 aromatic heterocycles. The smallest absolute Gasteiger partial charge is 0.267 e. The summed E-state index contributed by atoms with van der Waals surface area (Å²) in [5, 5.41) is -0.782. The van der Waals surface area contributed by atoms with Crippen LogP contribution in [0.4, 0.5) is 0 Å². The lowest BCUT2D eigenvalue weighted by atomic mass is 9.52. The van der Waals surface area contributed by atoms with E-state index in [-0.39, 0.29) is 36.1 Å². The van der Waals surface area contributed by atoms with Gasteiger partial charge in [0.05, 0.1) is 35.8 Å². The highest BCUT2D eigenvalue weighted by atomic mass is 32.2. The zero-order valence-corrected chi connectivity index (χ0v) is 36.9. The molecule has 0 heterocycles. The van der Waals surface area contributed by atoms with Crippen molar-refractivity contribution in [1.82, 2.24) is 0 Å². The number of hydrogen-bond donors (Lipinski definition) is 1. The zero-order valence-electron chi connectivity index (χ0n) is 36.1. The van der Waals surface area contributed by atoms with Crippen LogP contribution >= 0.6 is 0 Å². The van der Waals surface area contributed by atoms with Crippen LogP contribution in [0.2, 0.25) is 0 Å². The maximum absolute atomic E-state index is 13.4. The lowest BCUT2D eigenvalue weighted by molar-refractivity contribution is -0.131. The Morgan fingerprint density at radius 2 is 0.842 bits per heavy atom. The molecule has 57 heavy (non-hydrogen) atoms. The van der Waals surface area contributed by atoms with Gasteiger partial charge in [-0.25, -0.2) is 0 Å². The second kappa shape index (κ2) is 19.9. The molecule has 9 heteroatoms. The molecule has 0 aromatic rings. The summed E-state index contributed by atoms with van der Waals surface area (Å²) < 4.78 is 52.6. The Hall–Kier alpha value is -0.870. The molecular formula is C48H80O8S. The lowest BCUT2D eigenvalue weighted by Gasteiger charge is -2.54. The SMILES string of the molecule is COC1CCC(C(C)(C2CCC(OC3CCC(C(=O)C4CCC(C)CC4)CC3)CC2)C2CCC(OC3CCC(C(=O)C4CCCC(S(=O)(=O)O)C4)CC3)CC2)CC1. The number of methoxy groups -OCH3 is 1. The Morgan fingerprint density at radius 1 is 0.491 bits per heavy atom. The van der Waals surface area contributed by atoms with Gasteiger partial charge in [0.25, 0.3) is 10.1 Å². The van der Waals surface area contributed by atoms with E-state index in [0.717, 1.165) is 107 Å². The van der Waals surface area contributed by atoms with Crippen LogP contribution in [0.15, 0.2) is 0 Å². The van der Waals surface area contributed by atoms with Crippen molar-refractivity contribution < 1.29 is 36.8 Å². The van der Waals surface area contributed by atoms with Gasteiger partial charge in [0, 0.05) is 30.8 Å². The summed E-state index contributed by atoms with van der Waals surface area (Å²) >= 11 is 0. The van der Waals surface area contributed by atoms with Crippen LogP contribution in [0, 0.1) is 52.8 Å². The third-order valence-electron chi connectivity index (χ3n) is 17.8. The molecule has 7 aliphatic rings. The maximum atomic E-state index is 13.4. The van der Waals surface area contributed by atoms with Crippen LogP contribution < -0.4 is 0 Å². The minimum absolute atomic E-state index is 0.000871. The van der Waals surface area contributed by atoms with Gasteiger partial charge in [-0.15, -0.1) is 0 Å². The molecule has 0 bridgehead atoms. The highest BCUT2D eigenvalue weighted by Crippen LogP contribution is 2.57. The fourth-order valence-electron chi connectivity index (χ4n) is 14.0. The number of rotatable bonds is 13. The molecule has 0 aliphatic heterocycles. The first-order chi connectivity index (χ1) is 27.4. The van der Waals surface area contributed by atoms with Gasteiger partial charge >= 0.3 is 0 Å². The third kappa shape index (κ3) is 11.0. The summed E-state index contributed by atoms with van der Waals surface area (Å²) in [6.45, 7) is 5.03. The normalized spacial score (nSPS) is 42.5. The lowest BCUT2D eigenvalue weighted by Crippen LogP contribution is -2.47. The minimum Gasteiger partial charge on any atom is -0.381 e. The van der Waals surface area contributed by atoms with Gasteiger partial charge < -0.3 is 14.2 Å². The van der Waals surface area contributed by atoms with Crippen LogP contribution in [0.5, 0.6) is 0 Å². The highest BCUT2D eigenvalue weighted by Gasteiger charge is 2.50. The van der Waals surface area contributed by atoms with Crippen molar-refractivity contribution in [3.05, 3.63) is 0 Å². The van der Waals surface area contributed by atoms with Crippen LogP contribution in [0.1, 0.15) is 194 Å². The quantitative estimate of drug-likeness (QED) is 0.183. The van der Waals surface area contributed by atoms with E-state index in [9.17, 15) is 22.6 Å². The molecule has 0 spiro atoms. The molecule has 7 aliphatic carbocycles. The second-order valence-corrected chi connectivity index (χ2v) is 22.7. The van der Waals surface area contributed by atoms with Crippen molar-refractivity contribution in [3.63, 3.8) is 0 Å². The van der Waals surface area contributed by atoms with Gasteiger partial charge in [0.1, 0.15) is 11.6 Å². The summed E-state index contributed by atoms with van der Waals surface area (Å²) in [5.74, 6) is 4.17. The van der Waals surface area contributed by atoms with E-state index >= 15 is 0 Å². The van der Waals surface area contributed by atoms with Gasteiger partial charge in [0.15, 0.2) is 0 Å². The number of carbonyl (C=O) groups excluding carboxylic acids is 2. The van der Waals surface area contributed by atoms with E-state index in [2.05, 4.69) is 13.8 Å². The molecule has 3 atom stereocenters. The first-order valence-electron chi connectivity index (χ1n) is 24.3. The van der Waals surface area contributed by atoms with E-state index in [4.69, 9.17) is 14.2 Å². The number of ketones is 2. The highest BCUT2D eigenvalue weighted by molar-refractivity contribution is 7.86. The molecule has 7 rings (SSSR count). The summed E-state index contributed by atoms with van der Waals surface area (Å²) in [7, 11) is -2.20. The van der Waals surface area contributed by atoms with Crippen molar-refractivity contribution in [3.8, 4) is 0 Å². The van der Waals surface area contributed by atoms with Crippen molar-refractivity contribution in [2.24, 2.45) is 52.8 Å². The second-order valence-electron chi connectivity index (χ2n) is 21.0. The Labute approximate surface area is 346 Å². The summed E-state index contributed by atoms with van der Waals surface area (Å²) in [6.07, 6.45) is 30.8. The molecule has 7 fully saturated rings. The van der Waals surface area contributed by atoms with Crippen LogP contribution in [-0.4, -0.2) is 67.4 Å². The predicted octanol–water partition coefficient (Wildman–Crippen LogP) is 10.9. The Balaban J connectivity index is 0.868. The van der Waals surface area contributed by atoms with E-state index in [0.29, 0.717) is 54.4 Å². The van der Waals surface area contributed by atoms with Gasteiger partial charge in [-0.05, 0) is 190 Å². The monoisotopic (exact) mass is 817 g/mol. The minimum atomic E-state index is -4.08. The topological polar surface area (TPSA) is 116 Å². The number of hydrogen-bond acceptors (Lipinski definition) is 7. The van der Waals surface area contributed by atoms with Gasteiger partial charge in [-0.3, -0.25) is 14.1 Å². The van der Waals surface area contributed by atoms with E-state index in [1.807, 2.05) is 7.11 Å². The van der Waals surface area contributed by atoms with Crippen LogP contribution in [0.3, 0.4) is 0 Å². The Bertz CT molecular complexity index is 1380. The fraction of sp³-hybridized carbons (Fsp3) is 0.958. The molecule has 326 valence electrons. The third-order valence-corrected chi connectivity index (χ3v) is 19.1. The molecule has 0 radical (unpaired) electrons. The van der Waals surface area contributed by atoms with E-state index in [1.165, 1.54) is 77.0 Å². The largest absolute Gasteiger partial charge is 0.381 e. The number of carbonyl (C=O) groups is 2. The van der Waals surface area contributed by atoms with Gasteiger partial charge in [-0.1, -0.05) is 33.1 Å². The first-order valence-corrected chi connectivity index (χ1v) is 25.8. The molecule has 7 saturated carbocycles. The van der Waals surface area contributed by atoms with Crippen molar-refractivity contribution >= 4 is 21.7 Å². The Morgan fingerprint density at radius 3 is 1.23 bits per heavy atom. The standard InChI is InChI=1S/C48H80O8S/c1-32-7-9-33(10-8-32)46(49)34-11-21-41(22-12-34)55-43-27-17-38(18-28-43)48(2,37-15-25-40(54-3)26-16-37)39-19-29-44(30-20-39)56-42-23-13-35(14-24-42)47(50)36-5-4-6-45(31-36)57(51,52)53/h32-45H,4-31H2,1-3H3,(H,51,52,53). The maximum Gasteiger partial charge on any atom is 0.267 e. The zero-order chi connectivity index (χ0) is 40.2. The van der Waals surface area contributed by atoms with Crippen molar-refractivity contribution in [2.75, 3.05) is 7.11 Å². The van der Waals surface area contributed by atoms with Crippen molar-refractivity contribution in [1.29, 1.82) is 0 Å². The van der Waals surface area contributed by atoms with Crippen LogP contribution in [-0.2, 0) is 33.9 Å². The van der Waals surface area contributed by atoms with Crippen molar-refractivity contribution in [2.45, 2.75) is 229 Å². The summed E-state index contributed by atoms with van der Waals surface area (Å²) in [5.41, 5.74) is 0.329. The number of Topliss-reactive ketones (excluding diaryl/α,β-unsaturated/α-hetero) is 2. The summed E-state index contributed by atoms with van der Waals surface area (Å²) in [4.78, 5) is 26.7. The van der Waals surface area contributed by atoms with Gasteiger partial charge in [0.2, 0.25) is 0 Å².